The number of nitrogens with zero attached hydrogens (tertiary/aromatic N) is 1. The fourth-order valence-electron chi connectivity index (χ4n) is 2.34. The maximum atomic E-state index is 12.9. The van der Waals surface area contributed by atoms with Crippen molar-refractivity contribution in [3.8, 4) is 0 Å². The van der Waals surface area contributed by atoms with E-state index in [0.29, 0.717) is 0 Å². The third-order valence-corrected chi connectivity index (χ3v) is 3.34. The average Bonchev–Trinajstić information content (AvgIpc) is 2.39. The minimum absolute atomic E-state index is 0.106. The highest BCUT2D eigenvalue weighted by Gasteiger charge is 2.10. The molecule has 2 aromatic carbocycles. The van der Waals surface area contributed by atoms with Crippen molar-refractivity contribution in [3.05, 3.63) is 71.0 Å². The second kappa shape index (κ2) is 6.64. The molecule has 0 spiro atoms. The van der Waals surface area contributed by atoms with E-state index >= 15 is 0 Å². The predicted octanol–water partition coefficient (Wildman–Crippen LogP) is 3.27. The van der Waals surface area contributed by atoms with Crippen LogP contribution < -0.4 is 5.73 Å². The lowest BCUT2D eigenvalue weighted by molar-refractivity contribution is 0.305. The molecule has 0 amide bonds. The molecule has 3 heteroatoms. The van der Waals surface area contributed by atoms with Gasteiger partial charge >= 0.3 is 0 Å². The molecule has 2 rings (SSSR count). The highest BCUT2D eigenvalue weighted by molar-refractivity contribution is 5.22. The summed E-state index contributed by atoms with van der Waals surface area (Å²) < 4.78 is 12.9. The van der Waals surface area contributed by atoms with E-state index in [9.17, 15) is 4.39 Å². The van der Waals surface area contributed by atoms with Crippen LogP contribution in [0.15, 0.2) is 48.5 Å². The smallest absolute Gasteiger partial charge is 0.123 e. The Morgan fingerprint density at radius 3 is 2.50 bits per heavy atom. The van der Waals surface area contributed by atoms with E-state index in [4.69, 9.17) is 5.73 Å². The van der Waals surface area contributed by atoms with Crippen molar-refractivity contribution in [2.24, 2.45) is 5.73 Å². The first kappa shape index (κ1) is 14.7. The zero-order chi connectivity index (χ0) is 14.5. The molecule has 106 valence electrons. The van der Waals surface area contributed by atoms with Gasteiger partial charge in [-0.15, -0.1) is 0 Å². The van der Waals surface area contributed by atoms with Crippen molar-refractivity contribution < 1.29 is 4.39 Å². The highest BCUT2D eigenvalue weighted by Crippen LogP contribution is 2.14. The van der Waals surface area contributed by atoms with E-state index in [2.05, 4.69) is 36.1 Å². The van der Waals surface area contributed by atoms with Gasteiger partial charge in [0.05, 0.1) is 0 Å². The second-order valence-corrected chi connectivity index (χ2v) is 5.34. The van der Waals surface area contributed by atoms with Gasteiger partial charge in [-0.1, -0.05) is 42.0 Å². The molecule has 0 aliphatic heterocycles. The van der Waals surface area contributed by atoms with Crippen molar-refractivity contribution >= 4 is 0 Å². The summed E-state index contributed by atoms with van der Waals surface area (Å²) in [6.07, 6.45) is 0. The Balaban J connectivity index is 1.93. The molecule has 0 saturated heterocycles. The van der Waals surface area contributed by atoms with Gasteiger partial charge in [-0.25, -0.2) is 4.39 Å². The van der Waals surface area contributed by atoms with Crippen LogP contribution in [0.4, 0.5) is 4.39 Å². The Labute approximate surface area is 120 Å². The Hall–Kier alpha value is -1.71. The van der Waals surface area contributed by atoms with Crippen LogP contribution in [0.25, 0.3) is 0 Å². The molecule has 2 aromatic rings. The summed E-state index contributed by atoms with van der Waals surface area (Å²) in [6, 6.07) is 14.8. The van der Waals surface area contributed by atoms with Gasteiger partial charge in [-0.3, -0.25) is 0 Å². The van der Waals surface area contributed by atoms with Gasteiger partial charge in [0.2, 0.25) is 0 Å². The van der Waals surface area contributed by atoms with E-state index < -0.39 is 0 Å². The maximum absolute atomic E-state index is 12.9. The summed E-state index contributed by atoms with van der Waals surface area (Å²) >= 11 is 0. The monoisotopic (exact) mass is 272 g/mol. The average molecular weight is 272 g/mol. The molecule has 0 bridgehead atoms. The van der Waals surface area contributed by atoms with Crippen LogP contribution in [0.1, 0.15) is 22.7 Å². The molecule has 2 N–H and O–H groups in total. The van der Waals surface area contributed by atoms with E-state index in [0.717, 1.165) is 18.7 Å². The van der Waals surface area contributed by atoms with Crippen LogP contribution in [-0.4, -0.2) is 18.5 Å². The summed E-state index contributed by atoms with van der Waals surface area (Å²) in [5.41, 5.74) is 9.67. The second-order valence-electron chi connectivity index (χ2n) is 5.34. The summed E-state index contributed by atoms with van der Waals surface area (Å²) in [5.74, 6) is -0.228. The summed E-state index contributed by atoms with van der Waals surface area (Å²) in [4.78, 5) is 2.18. The van der Waals surface area contributed by atoms with Crippen LogP contribution in [0, 0.1) is 12.7 Å². The molecule has 1 unspecified atom stereocenters. The Morgan fingerprint density at radius 2 is 1.85 bits per heavy atom. The number of likely N-dealkylation sites (N-methyl/N-ethyl adjacent to an activating group) is 1. The van der Waals surface area contributed by atoms with Crippen molar-refractivity contribution in [3.63, 3.8) is 0 Å². The maximum Gasteiger partial charge on any atom is 0.123 e. The number of hydrogen-bond acceptors (Lipinski definition) is 2. The molecule has 0 heterocycles. The lowest BCUT2D eigenvalue weighted by Crippen LogP contribution is -2.28. The van der Waals surface area contributed by atoms with Gasteiger partial charge in [-0.05, 0) is 37.2 Å². The van der Waals surface area contributed by atoms with Crippen LogP contribution in [0.2, 0.25) is 0 Å². The Kier molecular flexibility index (Phi) is 4.88. The molecule has 0 radical (unpaired) electrons. The Bertz CT molecular complexity index is 551. The molecule has 0 aromatic heterocycles. The highest BCUT2D eigenvalue weighted by atomic mass is 19.1. The number of rotatable bonds is 5. The van der Waals surface area contributed by atoms with Crippen LogP contribution in [0.3, 0.4) is 0 Å². The molecule has 0 aliphatic rings. The topological polar surface area (TPSA) is 29.3 Å². The SMILES string of the molecule is Cc1cccc(CN(C)CC(N)c2ccc(F)cc2)c1. The first-order chi connectivity index (χ1) is 9.54. The van der Waals surface area contributed by atoms with Crippen molar-refractivity contribution in [2.45, 2.75) is 19.5 Å². The minimum Gasteiger partial charge on any atom is -0.323 e. The molecule has 0 fully saturated rings. The standard InChI is InChI=1S/C17H21FN2/c1-13-4-3-5-14(10-13)11-20(2)12-17(19)15-6-8-16(18)9-7-15/h3-10,17H,11-12,19H2,1-2H3. The quantitative estimate of drug-likeness (QED) is 0.905. The van der Waals surface area contributed by atoms with Crippen molar-refractivity contribution in [2.75, 3.05) is 13.6 Å². The van der Waals surface area contributed by atoms with E-state index in [1.54, 1.807) is 12.1 Å². The lowest BCUT2D eigenvalue weighted by atomic mass is 10.1. The lowest BCUT2D eigenvalue weighted by Gasteiger charge is -2.21. The largest absolute Gasteiger partial charge is 0.323 e. The van der Waals surface area contributed by atoms with Gasteiger partial charge in [0.25, 0.3) is 0 Å². The fraction of sp³-hybridized carbons (Fsp3) is 0.294. The van der Waals surface area contributed by atoms with E-state index in [1.807, 2.05) is 7.05 Å². The predicted molar refractivity (Wildman–Crippen MR) is 80.8 cm³/mol. The number of aryl methyl sites for hydroxylation is 1. The van der Waals surface area contributed by atoms with Crippen LogP contribution >= 0.6 is 0 Å². The summed E-state index contributed by atoms with van der Waals surface area (Å²) in [6.45, 7) is 3.68. The van der Waals surface area contributed by atoms with E-state index in [1.165, 1.54) is 23.3 Å². The number of hydrogen-bond donors (Lipinski definition) is 1. The van der Waals surface area contributed by atoms with Gasteiger partial charge in [0.1, 0.15) is 5.82 Å². The van der Waals surface area contributed by atoms with Crippen LogP contribution in [0.5, 0.6) is 0 Å². The Morgan fingerprint density at radius 1 is 1.15 bits per heavy atom. The van der Waals surface area contributed by atoms with Gasteiger partial charge in [0, 0.05) is 19.1 Å². The minimum atomic E-state index is -0.228. The van der Waals surface area contributed by atoms with Gasteiger partial charge in [-0.2, -0.15) is 0 Å². The molecular formula is C17H21FN2. The van der Waals surface area contributed by atoms with Crippen molar-refractivity contribution in [1.82, 2.24) is 4.90 Å². The first-order valence-corrected chi connectivity index (χ1v) is 6.80. The zero-order valence-corrected chi connectivity index (χ0v) is 12.0. The molecule has 1 atom stereocenters. The third kappa shape index (κ3) is 4.15. The summed E-state index contributed by atoms with van der Waals surface area (Å²) in [7, 11) is 2.05. The fourth-order valence-corrected chi connectivity index (χ4v) is 2.34. The van der Waals surface area contributed by atoms with Gasteiger partial charge in [0.15, 0.2) is 0 Å². The normalized spacial score (nSPS) is 12.7. The molecule has 2 nitrogen and oxygen atoms in total. The zero-order valence-electron chi connectivity index (χ0n) is 12.0. The van der Waals surface area contributed by atoms with Crippen LogP contribution in [-0.2, 0) is 6.54 Å². The molecule has 20 heavy (non-hydrogen) atoms. The molecule has 0 aliphatic carbocycles. The number of halogens is 1. The number of nitrogens with two attached hydrogens (primary N) is 1. The van der Waals surface area contributed by atoms with Gasteiger partial charge < -0.3 is 10.6 Å². The first-order valence-electron chi connectivity index (χ1n) is 6.80. The summed E-state index contributed by atoms with van der Waals surface area (Å²) in [5, 5.41) is 0. The van der Waals surface area contributed by atoms with E-state index in [-0.39, 0.29) is 11.9 Å². The molecular weight excluding hydrogens is 251 g/mol. The van der Waals surface area contributed by atoms with Crippen molar-refractivity contribution in [1.29, 1.82) is 0 Å². The number of benzene rings is 2. The third-order valence-electron chi connectivity index (χ3n) is 3.34. The molecule has 0 saturated carbocycles.